The van der Waals surface area contributed by atoms with Crippen LogP contribution in [0, 0.1) is 0 Å². The number of nitrogens with zero attached hydrogens (tertiary/aromatic N) is 2. The lowest BCUT2D eigenvalue weighted by molar-refractivity contribution is -0.128. The van der Waals surface area contributed by atoms with Crippen molar-refractivity contribution >= 4 is 0 Å². The summed E-state index contributed by atoms with van der Waals surface area (Å²) >= 11 is 0. The van der Waals surface area contributed by atoms with Gasteiger partial charge in [-0.25, -0.2) is 0 Å². The van der Waals surface area contributed by atoms with Crippen molar-refractivity contribution in [2.24, 2.45) is 0 Å². The van der Waals surface area contributed by atoms with Crippen LogP contribution in [0.5, 0.6) is 0 Å². The van der Waals surface area contributed by atoms with Gasteiger partial charge in [-0.05, 0) is 25.8 Å². The first-order chi connectivity index (χ1) is 8.45. The fourth-order valence-electron chi connectivity index (χ4n) is 2.32. The summed E-state index contributed by atoms with van der Waals surface area (Å²) in [5.41, 5.74) is -0.310. The molecule has 0 radical (unpaired) electrons. The maximum absolute atomic E-state index is 12.2. The minimum Gasteiger partial charge on any atom is -0.339 e. The molecule has 1 atom stereocenters. The van der Waals surface area contributed by atoms with Crippen LogP contribution in [0.3, 0.4) is 0 Å². The maximum atomic E-state index is 12.2. The van der Waals surface area contributed by atoms with Gasteiger partial charge >= 0.3 is 6.18 Å². The van der Waals surface area contributed by atoms with Crippen LogP contribution in [0.25, 0.3) is 0 Å². The molecule has 2 rings (SSSR count). The lowest BCUT2D eigenvalue weighted by Crippen LogP contribution is -2.43. The average Bonchev–Trinajstić information content (AvgIpc) is 2.76. The molecular formula is C11H16F3N3O. The van der Waals surface area contributed by atoms with E-state index >= 15 is 0 Å². The molecule has 2 heterocycles. The van der Waals surface area contributed by atoms with Crippen molar-refractivity contribution in [2.45, 2.75) is 44.2 Å². The Hall–Kier alpha value is -1.11. The number of hydrogen-bond donors (Lipinski definition) is 1. The number of aromatic nitrogens is 2. The zero-order valence-electron chi connectivity index (χ0n) is 10.2. The smallest absolute Gasteiger partial charge is 0.339 e. The van der Waals surface area contributed by atoms with Crippen molar-refractivity contribution in [1.29, 1.82) is 0 Å². The second-order valence-corrected chi connectivity index (χ2v) is 4.72. The Balaban J connectivity index is 2.17. The molecule has 0 bridgehead atoms. The first-order valence-electron chi connectivity index (χ1n) is 6.06. The van der Waals surface area contributed by atoms with Gasteiger partial charge in [0.2, 0.25) is 5.89 Å². The summed E-state index contributed by atoms with van der Waals surface area (Å²) in [5.74, 6) is 0.0485. The molecule has 4 nitrogen and oxygen atoms in total. The van der Waals surface area contributed by atoms with Crippen LogP contribution in [0.1, 0.15) is 37.9 Å². The summed E-state index contributed by atoms with van der Waals surface area (Å²) in [6.45, 7) is 3.59. The van der Waals surface area contributed by atoms with Gasteiger partial charge in [0.1, 0.15) is 6.42 Å². The molecule has 1 aromatic rings. The number of alkyl halides is 3. The van der Waals surface area contributed by atoms with Crippen molar-refractivity contribution in [3.05, 3.63) is 11.7 Å². The summed E-state index contributed by atoms with van der Waals surface area (Å²) in [5, 5.41) is 6.67. The van der Waals surface area contributed by atoms with E-state index in [2.05, 4.69) is 15.5 Å². The van der Waals surface area contributed by atoms with E-state index in [0.29, 0.717) is 12.4 Å². The monoisotopic (exact) mass is 263 g/mol. The van der Waals surface area contributed by atoms with E-state index in [1.807, 2.05) is 6.92 Å². The zero-order chi connectivity index (χ0) is 13.2. The fourth-order valence-corrected chi connectivity index (χ4v) is 2.32. The molecule has 1 aliphatic rings. The molecule has 1 aromatic heterocycles. The molecule has 1 fully saturated rings. The molecular weight excluding hydrogens is 247 g/mol. The van der Waals surface area contributed by atoms with Crippen molar-refractivity contribution in [3.63, 3.8) is 0 Å². The highest BCUT2D eigenvalue weighted by molar-refractivity contribution is 5.08. The lowest BCUT2D eigenvalue weighted by Gasteiger charge is -2.33. The molecule has 1 unspecified atom stereocenters. The van der Waals surface area contributed by atoms with Gasteiger partial charge < -0.3 is 9.84 Å². The van der Waals surface area contributed by atoms with Crippen LogP contribution in [0.2, 0.25) is 0 Å². The molecule has 7 heteroatoms. The standard InChI is InChI=1S/C11H16F3N3O/c1-2-10(4-3-5-15-7-10)9-16-8(17-18-9)6-11(12,13)14/h15H,2-7H2,1H3. The van der Waals surface area contributed by atoms with Crippen LogP contribution in [0.15, 0.2) is 4.52 Å². The predicted octanol–water partition coefficient (Wildman–Crippen LogP) is 2.21. The molecule has 18 heavy (non-hydrogen) atoms. The lowest BCUT2D eigenvalue weighted by atomic mass is 9.78. The first-order valence-corrected chi connectivity index (χ1v) is 6.06. The molecule has 0 aromatic carbocycles. The second kappa shape index (κ2) is 4.87. The third kappa shape index (κ3) is 2.82. The van der Waals surface area contributed by atoms with Crippen molar-refractivity contribution in [2.75, 3.05) is 13.1 Å². The van der Waals surface area contributed by atoms with Crippen LogP contribution >= 0.6 is 0 Å². The Morgan fingerprint density at radius 2 is 2.22 bits per heavy atom. The van der Waals surface area contributed by atoms with Crippen molar-refractivity contribution < 1.29 is 17.7 Å². The minimum absolute atomic E-state index is 0.282. The van der Waals surface area contributed by atoms with E-state index in [-0.39, 0.29) is 11.2 Å². The van der Waals surface area contributed by atoms with Gasteiger partial charge in [-0.15, -0.1) is 0 Å². The second-order valence-electron chi connectivity index (χ2n) is 4.72. The Kier molecular flexibility index (Phi) is 3.61. The third-order valence-corrected chi connectivity index (χ3v) is 3.43. The zero-order valence-corrected chi connectivity index (χ0v) is 10.2. The van der Waals surface area contributed by atoms with Crippen LogP contribution in [0.4, 0.5) is 13.2 Å². The van der Waals surface area contributed by atoms with Crippen molar-refractivity contribution in [1.82, 2.24) is 15.5 Å². The summed E-state index contributed by atoms with van der Waals surface area (Å²) in [6, 6.07) is 0. The summed E-state index contributed by atoms with van der Waals surface area (Å²) < 4.78 is 41.8. The highest BCUT2D eigenvalue weighted by Gasteiger charge is 2.39. The van der Waals surface area contributed by atoms with E-state index in [4.69, 9.17) is 4.52 Å². The predicted molar refractivity (Wildman–Crippen MR) is 58.1 cm³/mol. The molecule has 102 valence electrons. The highest BCUT2D eigenvalue weighted by Crippen LogP contribution is 2.33. The van der Waals surface area contributed by atoms with Gasteiger partial charge in [-0.2, -0.15) is 18.2 Å². The average molecular weight is 263 g/mol. The molecule has 0 aliphatic carbocycles. The van der Waals surface area contributed by atoms with E-state index in [1.54, 1.807) is 0 Å². The Morgan fingerprint density at radius 3 is 2.78 bits per heavy atom. The van der Waals surface area contributed by atoms with Crippen LogP contribution < -0.4 is 5.32 Å². The Labute approximate surface area is 103 Å². The summed E-state index contributed by atoms with van der Waals surface area (Å²) in [7, 11) is 0. The molecule has 0 amide bonds. The van der Waals surface area contributed by atoms with Crippen LogP contribution in [-0.4, -0.2) is 29.4 Å². The van der Waals surface area contributed by atoms with E-state index < -0.39 is 12.6 Å². The molecule has 1 N–H and O–H groups in total. The van der Waals surface area contributed by atoms with Crippen molar-refractivity contribution in [3.8, 4) is 0 Å². The molecule has 1 aliphatic heterocycles. The highest BCUT2D eigenvalue weighted by atomic mass is 19.4. The molecule has 0 spiro atoms. The van der Waals surface area contributed by atoms with E-state index in [9.17, 15) is 13.2 Å². The number of nitrogens with one attached hydrogen (secondary N) is 1. The quantitative estimate of drug-likeness (QED) is 0.908. The van der Waals surface area contributed by atoms with Gasteiger partial charge in [0, 0.05) is 6.54 Å². The third-order valence-electron chi connectivity index (χ3n) is 3.43. The fraction of sp³-hybridized carbons (Fsp3) is 0.818. The number of rotatable bonds is 3. The van der Waals surface area contributed by atoms with Gasteiger partial charge in [0.15, 0.2) is 5.82 Å². The van der Waals surface area contributed by atoms with E-state index in [0.717, 1.165) is 25.8 Å². The first kappa shape index (κ1) is 13.3. The van der Waals surface area contributed by atoms with Crippen LogP contribution in [-0.2, 0) is 11.8 Å². The summed E-state index contributed by atoms with van der Waals surface area (Å²) in [4.78, 5) is 3.92. The Bertz CT molecular complexity index is 396. The van der Waals surface area contributed by atoms with E-state index in [1.165, 1.54) is 0 Å². The van der Waals surface area contributed by atoms with Gasteiger partial charge in [0.25, 0.3) is 0 Å². The number of hydrogen-bond acceptors (Lipinski definition) is 4. The van der Waals surface area contributed by atoms with Gasteiger partial charge in [-0.1, -0.05) is 12.1 Å². The topological polar surface area (TPSA) is 51.0 Å². The maximum Gasteiger partial charge on any atom is 0.396 e. The summed E-state index contributed by atoms with van der Waals surface area (Å²) in [6.07, 6.45) is -2.84. The Morgan fingerprint density at radius 1 is 1.44 bits per heavy atom. The minimum atomic E-state index is -4.30. The number of halogens is 3. The largest absolute Gasteiger partial charge is 0.396 e. The molecule has 1 saturated heterocycles. The molecule has 0 saturated carbocycles. The normalized spacial score (nSPS) is 25.3. The van der Waals surface area contributed by atoms with Gasteiger partial charge in [0.05, 0.1) is 5.41 Å². The van der Waals surface area contributed by atoms with Gasteiger partial charge in [-0.3, -0.25) is 0 Å². The SMILES string of the molecule is CCC1(c2nc(CC(F)(F)F)no2)CCCNC1. The number of piperidine rings is 1.